The van der Waals surface area contributed by atoms with Crippen molar-refractivity contribution in [1.82, 2.24) is 5.32 Å². The molecule has 1 aromatic carbocycles. The molecule has 1 fully saturated rings. The van der Waals surface area contributed by atoms with Crippen LogP contribution in [0.5, 0.6) is 0 Å². The summed E-state index contributed by atoms with van der Waals surface area (Å²) >= 11 is 6.84. The van der Waals surface area contributed by atoms with Gasteiger partial charge in [0.2, 0.25) is 0 Å². The molecule has 0 aliphatic carbocycles. The average Bonchev–Trinajstić information content (AvgIpc) is 2.32. The fourth-order valence-electron chi connectivity index (χ4n) is 1.99. The average molecular weight is 347 g/mol. The SMILES string of the molecule is O=C(c1cc(Br)ccc1Br)C1CCNCC1. The number of piperidine rings is 1. The molecule has 2 rings (SSSR count). The van der Waals surface area contributed by atoms with E-state index in [-0.39, 0.29) is 11.7 Å². The maximum Gasteiger partial charge on any atom is 0.167 e. The fourth-order valence-corrected chi connectivity index (χ4v) is 2.79. The number of rotatable bonds is 2. The van der Waals surface area contributed by atoms with Crippen molar-refractivity contribution in [1.29, 1.82) is 0 Å². The number of halogens is 2. The van der Waals surface area contributed by atoms with E-state index in [0.29, 0.717) is 0 Å². The van der Waals surface area contributed by atoms with Crippen LogP contribution in [0.25, 0.3) is 0 Å². The van der Waals surface area contributed by atoms with Gasteiger partial charge in [-0.05, 0) is 44.1 Å². The van der Waals surface area contributed by atoms with Crippen LogP contribution < -0.4 is 5.32 Å². The Kier molecular flexibility index (Phi) is 4.16. The summed E-state index contributed by atoms with van der Waals surface area (Å²) in [5.41, 5.74) is 0.793. The van der Waals surface area contributed by atoms with Crippen LogP contribution in [0.2, 0.25) is 0 Å². The van der Waals surface area contributed by atoms with Crippen molar-refractivity contribution in [3.63, 3.8) is 0 Å². The van der Waals surface area contributed by atoms with Crippen molar-refractivity contribution in [2.24, 2.45) is 5.92 Å². The van der Waals surface area contributed by atoms with Gasteiger partial charge in [-0.25, -0.2) is 0 Å². The van der Waals surface area contributed by atoms with E-state index >= 15 is 0 Å². The number of carbonyl (C=O) groups excluding carboxylic acids is 1. The largest absolute Gasteiger partial charge is 0.317 e. The van der Waals surface area contributed by atoms with Gasteiger partial charge >= 0.3 is 0 Å². The molecule has 0 amide bonds. The smallest absolute Gasteiger partial charge is 0.167 e. The minimum atomic E-state index is 0.173. The Morgan fingerprint density at radius 1 is 1.25 bits per heavy atom. The molecule has 0 spiro atoms. The lowest BCUT2D eigenvalue weighted by atomic mass is 9.90. The second kappa shape index (κ2) is 5.43. The second-order valence-corrected chi connectivity index (χ2v) is 5.78. The van der Waals surface area contributed by atoms with Gasteiger partial charge in [0.25, 0.3) is 0 Å². The number of nitrogens with one attached hydrogen (secondary N) is 1. The molecule has 1 aliphatic heterocycles. The standard InChI is InChI=1S/C12H13Br2NO/c13-9-1-2-11(14)10(7-9)12(16)8-3-5-15-6-4-8/h1-2,7-8,15H,3-6H2. The molecule has 16 heavy (non-hydrogen) atoms. The fraction of sp³-hybridized carbons (Fsp3) is 0.417. The predicted molar refractivity (Wildman–Crippen MR) is 71.8 cm³/mol. The molecule has 0 aromatic heterocycles. The summed E-state index contributed by atoms with van der Waals surface area (Å²) < 4.78 is 1.84. The van der Waals surface area contributed by atoms with Crippen molar-refractivity contribution < 1.29 is 4.79 Å². The van der Waals surface area contributed by atoms with E-state index in [0.717, 1.165) is 40.4 Å². The Balaban J connectivity index is 2.22. The van der Waals surface area contributed by atoms with Crippen molar-refractivity contribution in [3.8, 4) is 0 Å². The summed E-state index contributed by atoms with van der Waals surface area (Å²) in [6.07, 6.45) is 1.88. The Bertz CT molecular complexity index is 400. The lowest BCUT2D eigenvalue weighted by Crippen LogP contribution is -2.32. The first kappa shape index (κ1) is 12.3. The van der Waals surface area contributed by atoms with Crippen LogP contribution in [0, 0.1) is 5.92 Å². The summed E-state index contributed by atoms with van der Waals surface area (Å²) in [6.45, 7) is 1.89. The molecule has 0 unspecified atom stereocenters. The number of Topliss-reactive ketones (excluding diaryl/α,β-unsaturated/α-hetero) is 1. The van der Waals surface area contributed by atoms with Crippen molar-refractivity contribution >= 4 is 37.6 Å². The summed E-state index contributed by atoms with van der Waals surface area (Å²) in [4.78, 5) is 12.3. The normalized spacial score (nSPS) is 17.4. The summed E-state index contributed by atoms with van der Waals surface area (Å²) in [7, 11) is 0. The zero-order valence-electron chi connectivity index (χ0n) is 8.80. The number of hydrogen-bond donors (Lipinski definition) is 1. The Morgan fingerprint density at radius 2 is 1.94 bits per heavy atom. The molecule has 0 bridgehead atoms. The molecular weight excluding hydrogens is 334 g/mol. The molecule has 86 valence electrons. The van der Waals surface area contributed by atoms with E-state index in [1.165, 1.54) is 0 Å². The molecular formula is C12H13Br2NO. The number of hydrogen-bond acceptors (Lipinski definition) is 2. The lowest BCUT2D eigenvalue weighted by molar-refractivity contribution is 0.0894. The number of carbonyl (C=O) groups is 1. The van der Waals surface area contributed by atoms with Crippen LogP contribution >= 0.6 is 31.9 Å². The van der Waals surface area contributed by atoms with Gasteiger partial charge in [0.15, 0.2) is 5.78 Å². The summed E-state index contributed by atoms with van der Waals surface area (Å²) in [5.74, 6) is 0.432. The quantitative estimate of drug-likeness (QED) is 0.831. The highest BCUT2D eigenvalue weighted by Gasteiger charge is 2.23. The highest BCUT2D eigenvalue weighted by atomic mass is 79.9. The third kappa shape index (κ3) is 2.73. The van der Waals surface area contributed by atoms with Crippen molar-refractivity contribution in [2.75, 3.05) is 13.1 Å². The highest BCUT2D eigenvalue weighted by Crippen LogP contribution is 2.26. The van der Waals surface area contributed by atoms with Crippen molar-refractivity contribution in [2.45, 2.75) is 12.8 Å². The molecule has 0 saturated carbocycles. The van der Waals surface area contributed by atoms with Gasteiger partial charge in [-0.15, -0.1) is 0 Å². The highest BCUT2D eigenvalue weighted by molar-refractivity contribution is 9.11. The summed E-state index contributed by atoms with van der Waals surface area (Å²) in [5, 5.41) is 3.27. The van der Waals surface area contributed by atoms with Crippen LogP contribution in [-0.2, 0) is 0 Å². The van der Waals surface area contributed by atoms with E-state index < -0.39 is 0 Å². The molecule has 1 saturated heterocycles. The van der Waals surface area contributed by atoms with E-state index in [4.69, 9.17) is 0 Å². The molecule has 1 heterocycles. The van der Waals surface area contributed by atoms with E-state index in [1.807, 2.05) is 18.2 Å². The number of benzene rings is 1. The Morgan fingerprint density at radius 3 is 2.62 bits per heavy atom. The molecule has 1 aliphatic rings. The van der Waals surface area contributed by atoms with Gasteiger partial charge in [0, 0.05) is 20.4 Å². The van der Waals surface area contributed by atoms with E-state index in [2.05, 4.69) is 37.2 Å². The molecule has 4 heteroatoms. The van der Waals surface area contributed by atoms with Gasteiger partial charge in [-0.2, -0.15) is 0 Å². The summed E-state index contributed by atoms with van der Waals surface area (Å²) in [6, 6.07) is 5.75. The van der Waals surface area contributed by atoms with Crippen LogP contribution in [0.1, 0.15) is 23.2 Å². The topological polar surface area (TPSA) is 29.1 Å². The number of ketones is 1. The monoisotopic (exact) mass is 345 g/mol. The molecule has 0 atom stereocenters. The first-order valence-corrected chi connectivity index (χ1v) is 6.97. The van der Waals surface area contributed by atoms with Crippen molar-refractivity contribution in [3.05, 3.63) is 32.7 Å². The Hall–Kier alpha value is -0.190. The van der Waals surface area contributed by atoms with Crippen LogP contribution in [-0.4, -0.2) is 18.9 Å². The third-order valence-electron chi connectivity index (χ3n) is 2.90. The lowest BCUT2D eigenvalue weighted by Gasteiger charge is -2.21. The maximum absolute atomic E-state index is 12.3. The van der Waals surface area contributed by atoms with E-state index in [1.54, 1.807) is 0 Å². The van der Waals surface area contributed by atoms with Crippen LogP contribution in [0.3, 0.4) is 0 Å². The molecule has 2 nitrogen and oxygen atoms in total. The van der Waals surface area contributed by atoms with Crippen LogP contribution in [0.15, 0.2) is 27.1 Å². The second-order valence-electron chi connectivity index (χ2n) is 4.01. The van der Waals surface area contributed by atoms with Gasteiger partial charge in [-0.1, -0.05) is 31.9 Å². The third-order valence-corrected chi connectivity index (χ3v) is 4.09. The van der Waals surface area contributed by atoms with Gasteiger partial charge in [-0.3, -0.25) is 4.79 Å². The zero-order chi connectivity index (χ0) is 11.5. The molecule has 1 aromatic rings. The molecule has 1 N–H and O–H groups in total. The minimum Gasteiger partial charge on any atom is -0.317 e. The zero-order valence-corrected chi connectivity index (χ0v) is 12.0. The van der Waals surface area contributed by atoms with E-state index in [9.17, 15) is 4.79 Å². The van der Waals surface area contributed by atoms with Gasteiger partial charge < -0.3 is 5.32 Å². The Labute approximate surface area is 112 Å². The van der Waals surface area contributed by atoms with Crippen LogP contribution in [0.4, 0.5) is 0 Å². The van der Waals surface area contributed by atoms with Gasteiger partial charge in [0.05, 0.1) is 0 Å². The maximum atomic E-state index is 12.3. The molecule has 0 radical (unpaired) electrons. The first-order valence-electron chi connectivity index (χ1n) is 5.38. The minimum absolute atomic E-state index is 0.173. The predicted octanol–water partition coefficient (Wildman–Crippen LogP) is 3.39. The van der Waals surface area contributed by atoms with Gasteiger partial charge in [0.1, 0.15) is 0 Å². The first-order chi connectivity index (χ1) is 7.68.